The van der Waals surface area contributed by atoms with E-state index in [9.17, 15) is 4.79 Å². The number of aromatic nitrogens is 3. The Balaban J connectivity index is 1.72. The molecule has 0 fully saturated rings. The Kier molecular flexibility index (Phi) is 3.41. The first kappa shape index (κ1) is 12.3. The Bertz CT molecular complexity index is 716. The fraction of sp³-hybridized carbons (Fsp3) is 0.133. The first-order valence-electron chi connectivity index (χ1n) is 6.45. The Hall–Kier alpha value is -2.69. The molecule has 2 aromatic heterocycles. The number of amides is 1. The molecule has 5 heteroatoms. The SMILES string of the molecule is O=C(NCCc1ncc[nH]1)c1cccc2ncccc12. The highest BCUT2D eigenvalue weighted by Gasteiger charge is 2.09. The van der Waals surface area contributed by atoms with Gasteiger partial charge < -0.3 is 10.3 Å². The molecule has 0 aliphatic heterocycles. The van der Waals surface area contributed by atoms with Crippen molar-refractivity contribution in [3.05, 3.63) is 60.3 Å². The van der Waals surface area contributed by atoms with Crippen molar-refractivity contribution >= 4 is 16.8 Å². The molecule has 2 N–H and O–H groups in total. The second-order valence-corrected chi connectivity index (χ2v) is 4.42. The molecule has 2 heterocycles. The lowest BCUT2D eigenvalue weighted by molar-refractivity contribution is 0.0955. The average molecular weight is 266 g/mol. The fourth-order valence-corrected chi connectivity index (χ4v) is 2.13. The van der Waals surface area contributed by atoms with Gasteiger partial charge in [-0.15, -0.1) is 0 Å². The minimum absolute atomic E-state index is 0.0878. The highest BCUT2D eigenvalue weighted by atomic mass is 16.1. The summed E-state index contributed by atoms with van der Waals surface area (Å²) in [5.41, 5.74) is 1.47. The number of hydrogen-bond donors (Lipinski definition) is 2. The van der Waals surface area contributed by atoms with Crippen molar-refractivity contribution in [2.24, 2.45) is 0 Å². The van der Waals surface area contributed by atoms with E-state index in [0.717, 1.165) is 16.7 Å². The van der Waals surface area contributed by atoms with Gasteiger partial charge in [-0.2, -0.15) is 0 Å². The van der Waals surface area contributed by atoms with Crippen LogP contribution in [-0.4, -0.2) is 27.4 Å². The van der Waals surface area contributed by atoms with Gasteiger partial charge in [-0.3, -0.25) is 9.78 Å². The van der Waals surface area contributed by atoms with Crippen LogP contribution in [0.1, 0.15) is 16.2 Å². The second kappa shape index (κ2) is 5.52. The first-order valence-corrected chi connectivity index (χ1v) is 6.45. The van der Waals surface area contributed by atoms with Crippen molar-refractivity contribution in [1.29, 1.82) is 0 Å². The molecule has 0 aliphatic carbocycles. The molecule has 0 radical (unpaired) electrons. The van der Waals surface area contributed by atoms with Gasteiger partial charge >= 0.3 is 0 Å². The normalized spacial score (nSPS) is 10.6. The van der Waals surface area contributed by atoms with Gasteiger partial charge in [-0.1, -0.05) is 12.1 Å². The van der Waals surface area contributed by atoms with Crippen LogP contribution in [0.25, 0.3) is 10.9 Å². The third-order valence-corrected chi connectivity index (χ3v) is 3.09. The van der Waals surface area contributed by atoms with Gasteiger partial charge in [0, 0.05) is 42.5 Å². The van der Waals surface area contributed by atoms with E-state index in [1.807, 2.05) is 30.3 Å². The van der Waals surface area contributed by atoms with Crippen LogP contribution in [0.4, 0.5) is 0 Å². The monoisotopic (exact) mass is 266 g/mol. The number of fused-ring (bicyclic) bond motifs is 1. The molecule has 100 valence electrons. The van der Waals surface area contributed by atoms with Gasteiger partial charge in [0.25, 0.3) is 5.91 Å². The molecular formula is C15H14N4O. The van der Waals surface area contributed by atoms with Gasteiger partial charge in [0.2, 0.25) is 0 Å². The molecule has 5 nitrogen and oxygen atoms in total. The van der Waals surface area contributed by atoms with Crippen LogP contribution in [0, 0.1) is 0 Å². The minimum Gasteiger partial charge on any atom is -0.352 e. The number of hydrogen-bond acceptors (Lipinski definition) is 3. The Morgan fingerprint density at radius 3 is 2.95 bits per heavy atom. The van der Waals surface area contributed by atoms with E-state index in [0.29, 0.717) is 18.5 Å². The molecule has 0 spiro atoms. The Labute approximate surface area is 116 Å². The van der Waals surface area contributed by atoms with Gasteiger partial charge in [-0.25, -0.2) is 4.98 Å². The lowest BCUT2D eigenvalue weighted by Crippen LogP contribution is -2.26. The molecule has 1 aromatic carbocycles. The number of benzene rings is 1. The van der Waals surface area contributed by atoms with Gasteiger partial charge in [0.1, 0.15) is 5.82 Å². The van der Waals surface area contributed by atoms with E-state index in [1.54, 1.807) is 18.6 Å². The van der Waals surface area contributed by atoms with E-state index in [1.165, 1.54) is 0 Å². The Morgan fingerprint density at radius 2 is 2.10 bits per heavy atom. The molecule has 0 unspecified atom stereocenters. The predicted octanol–water partition coefficient (Wildman–Crippen LogP) is 1.93. The van der Waals surface area contributed by atoms with Crippen molar-refractivity contribution in [3.8, 4) is 0 Å². The summed E-state index contributed by atoms with van der Waals surface area (Å²) in [6.07, 6.45) is 5.88. The Morgan fingerprint density at radius 1 is 1.15 bits per heavy atom. The van der Waals surface area contributed by atoms with Crippen LogP contribution in [0.5, 0.6) is 0 Å². The number of pyridine rings is 1. The minimum atomic E-state index is -0.0878. The largest absolute Gasteiger partial charge is 0.352 e. The van der Waals surface area contributed by atoms with Crippen molar-refractivity contribution < 1.29 is 4.79 Å². The van der Waals surface area contributed by atoms with Crippen LogP contribution in [-0.2, 0) is 6.42 Å². The number of aromatic amines is 1. The number of nitrogens with one attached hydrogen (secondary N) is 2. The van der Waals surface area contributed by atoms with Crippen molar-refractivity contribution in [2.45, 2.75) is 6.42 Å². The summed E-state index contributed by atoms with van der Waals surface area (Å²) in [5, 5.41) is 3.77. The smallest absolute Gasteiger partial charge is 0.251 e. The second-order valence-electron chi connectivity index (χ2n) is 4.42. The van der Waals surface area contributed by atoms with Crippen LogP contribution in [0.15, 0.2) is 48.9 Å². The standard InChI is InChI=1S/C15H14N4O/c20-15(19-8-6-14-17-9-10-18-14)12-3-1-5-13-11(12)4-2-7-16-13/h1-5,7,9-10H,6,8H2,(H,17,18)(H,19,20). The van der Waals surface area contributed by atoms with Crippen molar-refractivity contribution in [3.63, 3.8) is 0 Å². The summed E-state index contributed by atoms with van der Waals surface area (Å²) >= 11 is 0. The predicted molar refractivity (Wildman–Crippen MR) is 76.4 cm³/mol. The number of nitrogens with zero attached hydrogens (tertiary/aromatic N) is 2. The number of imidazole rings is 1. The summed E-state index contributed by atoms with van der Waals surface area (Å²) in [7, 11) is 0. The van der Waals surface area contributed by atoms with Gasteiger partial charge in [-0.05, 0) is 18.2 Å². The zero-order valence-electron chi connectivity index (χ0n) is 10.8. The molecule has 3 rings (SSSR count). The van der Waals surface area contributed by atoms with E-state index in [2.05, 4.69) is 20.3 Å². The van der Waals surface area contributed by atoms with E-state index < -0.39 is 0 Å². The summed E-state index contributed by atoms with van der Waals surface area (Å²) in [5.74, 6) is 0.778. The zero-order chi connectivity index (χ0) is 13.8. The maximum atomic E-state index is 12.2. The van der Waals surface area contributed by atoms with Gasteiger partial charge in [0.15, 0.2) is 0 Å². The number of carbonyl (C=O) groups is 1. The molecule has 3 aromatic rings. The molecule has 0 bridgehead atoms. The van der Waals surface area contributed by atoms with Crippen LogP contribution < -0.4 is 5.32 Å². The summed E-state index contributed by atoms with van der Waals surface area (Å²) in [6, 6.07) is 9.30. The van der Waals surface area contributed by atoms with Crippen LogP contribution in [0.2, 0.25) is 0 Å². The highest BCUT2D eigenvalue weighted by Crippen LogP contribution is 2.16. The topological polar surface area (TPSA) is 70.7 Å². The molecule has 1 amide bonds. The molecule has 0 atom stereocenters. The lowest BCUT2D eigenvalue weighted by Gasteiger charge is -2.07. The molecule has 20 heavy (non-hydrogen) atoms. The summed E-state index contributed by atoms with van der Waals surface area (Å²) in [6.45, 7) is 0.545. The summed E-state index contributed by atoms with van der Waals surface area (Å²) in [4.78, 5) is 23.6. The molecular weight excluding hydrogens is 252 g/mol. The zero-order valence-corrected chi connectivity index (χ0v) is 10.8. The summed E-state index contributed by atoms with van der Waals surface area (Å²) < 4.78 is 0. The molecule has 0 saturated heterocycles. The first-order chi connectivity index (χ1) is 9.84. The maximum Gasteiger partial charge on any atom is 0.251 e. The molecule has 0 saturated carbocycles. The maximum absolute atomic E-state index is 12.2. The number of rotatable bonds is 4. The molecule has 0 aliphatic rings. The number of carbonyl (C=O) groups excluding carboxylic acids is 1. The third-order valence-electron chi connectivity index (χ3n) is 3.09. The fourth-order valence-electron chi connectivity index (χ4n) is 2.13. The lowest BCUT2D eigenvalue weighted by atomic mass is 10.1. The van der Waals surface area contributed by atoms with Crippen LogP contribution in [0.3, 0.4) is 0 Å². The van der Waals surface area contributed by atoms with E-state index in [4.69, 9.17) is 0 Å². The third kappa shape index (κ3) is 2.51. The van der Waals surface area contributed by atoms with E-state index in [-0.39, 0.29) is 5.91 Å². The highest BCUT2D eigenvalue weighted by molar-refractivity contribution is 6.06. The quantitative estimate of drug-likeness (QED) is 0.758. The van der Waals surface area contributed by atoms with Crippen LogP contribution >= 0.6 is 0 Å². The van der Waals surface area contributed by atoms with Gasteiger partial charge in [0.05, 0.1) is 5.52 Å². The van der Waals surface area contributed by atoms with Crippen molar-refractivity contribution in [1.82, 2.24) is 20.3 Å². The van der Waals surface area contributed by atoms with E-state index >= 15 is 0 Å². The van der Waals surface area contributed by atoms with Crippen molar-refractivity contribution in [2.75, 3.05) is 6.54 Å². The average Bonchev–Trinajstić information content (AvgIpc) is 3.00. The number of H-pyrrole nitrogens is 1.